The predicted molar refractivity (Wildman–Crippen MR) is 69.7 cm³/mol. The molecule has 0 spiro atoms. The second kappa shape index (κ2) is 4.88. The first kappa shape index (κ1) is 12.5. The number of amides is 1. The lowest BCUT2D eigenvalue weighted by Crippen LogP contribution is -2.50. The van der Waals surface area contributed by atoms with E-state index in [0.29, 0.717) is 13.0 Å². The monoisotopic (exact) mass is 281 g/mol. The van der Waals surface area contributed by atoms with Crippen molar-refractivity contribution in [2.24, 2.45) is 5.92 Å². The molecular weight excluding hydrogens is 266 g/mol. The van der Waals surface area contributed by atoms with Crippen molar-refractivity contribution in [3.8, 4) is 0 Å². The Morgan fingerprint density at radius 1 is 1.53 bits per heavy atom. The van der Waals surface area contributed by atoms with Crippen LogP contribution in [-0.2, 0) is 22.6 Å². The molecule has 1 aromatic heterocycles. The average molecular weight is 281 g/mol. The van der Waals surface area contributed by atoms with Crippen molar-refractivity contribution < 1.29 is 14.7 Å². The minimum atomic E-state index is -0.951. The molecule has 1 aromatic rings. The van der Waals surface area contributed by atoms with E-state index < -0.39 is 12.0 Å². The van der Waals surface area contributed by atoms with Crippen molar-refractivity contribution >= 4 is 23.6 Å². The Bertz CT molecular complexity index is 510. The van der Waals surface area contributed by atoms with E-state index in [-0.39, 0.29) is 11.8 Å². The molecule has 0 aromatic carbocycles. The highest BCUT2D eigenvalue weighted by Crippen LogP contribution is 2.29. The second-order valence-electron chi connectivity index (χ2n) is 4.91. The van der Waals surface area contributed by atoms with Gasteiger partial charge in [0, 0.05) is 18.1 Å². The number of imidazole rings is 1. The smallest absolute Gasteiger partial charge is 0.326 e. The van der Waals surface area contributed by atoms with E-state index in [1.165, 1.54) is 4.90 Å². The molecule has 7 heteroatoms. The topological polar surface area (TPSA) is 86.3 Å². The van der Waals surface area contributed by atoms with E-state index in [4.69, 9.17) is 0 Å². The lowest BCUT2D eigenvalue weighted by atomic mass is 9.99. The van der Waals surface area contributed by atoms with Gasteiger partial charge < -0.3 is 15.0 Å². The lowest BCUT2D eigenvalue weighted by molar-refractivity contribution is -0.153. The summed E-state index contributed by atoms with van der Waals surface area (Å²) in [4.78, 5) is 32.4. The van der Waals surface area contributed by atoms with E-state index in [2.05, 4.69) is 9.97 Å². The van der Waals surface area contributed by atoms with Crippen molar-refractivity contribution in [1.82, 2.24) is 14.9 Å². The second-order valence-corrected chi connectivity index (χ2v) is 6.06. The predicted octanol–water partition coefficient (Wildman–Crippen LogP) is 0.501. The molecular formula is C12H15N3O3S. The third kappa shape index (κ3) is 2.22. The summed E-state index contributed by atoms with van der Waals surface area (Å²) in [7, 11) is 0. The van der Waals surface area contributed by atoms with Crippen LogP contribution in [0.3, 0.4) is 0 Å². The molecule has 2 aliphatic rings. The van der Waals surface area contributed by atoms with Gasteiger partial charge in [-0.15, -0.1) is 0 Å². The van der Waals surface area contributed by atoms with Crippen LogP contribution in [0.25, 0.3) is 0 Å². The van der Waals surface area contributed by atoms with Gasteiger partial charge in [-0.25, -0.2) is 9.78 Å². The molecule has 0 saturated carbocycles. The minimum Gasteiger partial charge on any atom is -0.480 e. The summed E-state index contributed by atoms with van der Waals surface area (Å²) >= 11 is 1.76. The average Bonchev–Trinajstić information content (AvgIpc) is 3.06. The molecule has 2 atom stereocenters. The minimum absolute atomic E-state index is 0.0300. The SMILES string of the molecule is O=C(O)C1Cc2nc[nH]c2CN1C(=O)C1CCSC1. The fourth-order valence-corrected chi connectivity index (χ4v) is 3.86. The maximum absolute atomic E-state index is 12.5. The number of hydrogen-bond acceptors (Lipinski definition) is 4. The summed E-state index contributed by atoms with van der Waals surface area (Å²) in [5, 5.41) is 9.33. The number of nitrogens with one attached hydrogen (secondary N) is 1. The van der Waals surface area contributed by atoms with Crippen LogP contribution in [0.1, 0.15) is 17.8 Å². The molecule has 1 fully saturated rings. The highest BCUT2D eigenvalue weighted by atomic mass is 32.2. The summed E-state index contributed by atoms with van der Waals surface area (Å²) in [5.74, 6) is 0.774. The van der Waals surface area contributed by atoms with Crippen LogP contribution in [0.2, 0.25) is 0 Å². The van der Waals surface area contributed by atoms with Gasteiger partial charge in [-0.2, -0.15) is 11.8 Å². The van der Waals surface area contributed by atoms with Crippen LogP contribution in [0.15, 0.2) is 6.33 Å². The normalized spacial score (nSPS) is 26.2. The van der Waals surface area contributed by atoms with Crippen LogP contribution in [-0.4, -0.2) is 49.4 Å². The zero-order chi connectivity index (χ0) is 13.4. The Kier molecular flexibility index (Phi) is 3.22. The first-order valence-electron chi connectivity index (χ1n) is 6.29. The molecule has 3 rings (SSSR count). The van der Waals surface area contributed by atoms with Crippen LogP contribution in [0.4, 0.5) is 0 Å². The third-order valence-corrected chi connectivity index (χ3v) is 4.91. The fraction of sp³-hybridized carbons (Fsp3) is 0.583. The van der Waals surface area contributed by atoms with E-state index in [1.54, 1.807) is 18.1 Å². The molecule has 1 saturated heterocycles. The Labute approximate surface area is 114 Å². The number of carbonyl (C=O) groups excluding carboxylic acids is 1. The lowest BCUT2D eigenvalue weighted by Gasteiger charge is -2.34. The van der Waals surface area contributed by atoms with Gasteiger partial charge in [-0.05, 0) is 12.2 Å². The molecule has 3 heterocycles. The zero-order valence-corrected chi connectivity index (χ0v) is 11.2. The summed E-state index contributed by atoms with van der Waals surface area (Å²) in [6.45, 7) is 0.326. The van der Waals surface area contributed by atoms with Gasteiger partial charge in [-0.1, -0.05) is 0 Å². The largest absolute Gasteiger partial charge is 0.480 e. The Morgan fingerprint density at radius 2 is 2.37 bits per heavy atom. The van der Waals surface area contributed by atoms with Gasteiger partial charge >= 0.3 is 5.97 Å². The summed E-state index contributed by atoms with van der Waals surface area (Å²) in [6, 6.07) is -0.783. The van der Waals surface area contributed by atoms with E-state index in [0.717, 1.165) is 29.3 Å². The van der Waals surface area contributed by atoms with Crippen molar-refractivity contribution in [3.05, 3.63) is 17.7 Å². The van der Waals surface area contributed by atoms with Gasteiger partial charge in [0.15, 0.2) is 0 Å². The highest BCUT2D eigenvalue weighted by Gasteiger charge is 2.39. The number of fused-ring (bicyclic) bond motifs is 1. The molecule has 0 bridgehead atoms. The van der Waals surface area contributed by atoms with E-state index >= 15 is 0 Å². The molecule has 0 radical (unpaired) electrons. The van der Waals surface area contributed by atoms with Gasteiger partial charge in [0.05, 0.1) is 24.3 Å². The molecule has 2 N–H and O–H groups in total. The maximum Gasteiger partial charge on any atom is 0.326 e. The molecule has 102 valence electrons. The summed E-state index contributed by atoms with van der Waals surface area (Å²) < 4.78 is 0. The number of thioether (sulfide) groups is 1. The maximum atomic E-state index is 12.5. The molecule has 0 aliphatic carbocycles. The van der Waals surface area contributed by atoms with Crippen molar-refractivity contribution in [2.75, 3.05) is 11.5 Å². The standard InChI is InChI=1S/C12H15N3O3S/c16-11(7-1-2-19-5-7)15-4-9-8(13-6-14-9)3-10(15)12(17)18/h6-7,10H,1-5H2,(H,13,14)(H,17,18). The van der Waals surface area contributed by atoms with E-state index in [1.807, 2.05) is 0 Å². The molecule has 6 nitrogen and oxygen atoms in total. The first-order chi connectivity index (χ1) is 9.16. The molecule has 2 unspecified atom stereocenters. The number of hydrogen-bond donors (Lipinski definition) is 2. The van der Waals surface area contributed by atoms with Gasteiger partial charge in [0.2, 0.25) is 5.91 Å². The number of aromatic amines is 1. The number of nitrogens with zero attached hydrogens (tertiary/aromatic N) is 2. The number of H-pyrrole nitrogens is 1. The Balaban J connectivity index is 1.85. The number of carboxylic acids is 1. The van der Waals surface area contributed by atoms with Gasteiger partial charge in [0.25, 0.3) is 0 Å². The molecule has 19 heavy (non-hydrogen) atoms. The third-order valence-electron chi connectivity index (χ3n) is 3.75. The Morgan fingerprint density at radius 3 is 3.05 bits per heavy atom. The zero-order valence-electron chi connectivity index (χ0n) is 10.3. The number of carboxylic acid groups (broad SMARTS) is 1. The van der Waals surface area contributed by atoms with Crippen molar-refractivity contribution in [1.29, 1.82) is 0 Å². The summed E-state index contributed by atoms with van der Waals surface area (Å²) in [6.07, 6.45) is 2.70. The number of aliphatic carboxylic acids is 1. The van der Waals surface area contributed by atoms with Crippen molar-refractivity contribution in [2.45, 2.75) is 25.4 Å². The quantitative estimate of drug-likeness (QED) is 0.824. The van der Waals surface area contributed by atoms with Crippen LogP contribution in [0, 0.1) is 5.92 Å². The number of aromatic nitrogens is 2. The van der Waals surface area contributed by atoms with Crippen LogP contribution >= 0.6 is 11.8 Å². The van der Waals surface area contributed by atoms with Gasteiger partial charge in [-0.3, -0.25) is 4.79 Å². The van der Waals surface area contributed by atoms with Crippen LogP contribution < -0.4 is 0 Å². The van der Waals surface area contributed by atoms with Gasteiger partial charge in [0.1, 0.15) is 6.04 Å². The van der Waals surface area contributed by atoms with Crippen LogP contribution in [0.5, 0.6) is 0 Å². The molecule has 1 amide bonds. The Hall–Kier alpha value is -1.50. The van der Waals surface area contributed by atoms with E-state index in [9.17, 15) is 14.7 Å². The highest BCUT2D eigenvalue weighted by molar-refractivity contribution is 7.99. The number of rotatable bonds is 2. The summed E-state index contributed by atoms with van der Waals surface area (Å²) in [5.41, 5.74) is 1.62. The first-order valence-corrected chi connectivity index (χ1v) is 7.44. The fourth-order valence-electron chi connectivity index (χ4n) is 2.65. The van der Waals surface area contributed by atoms with Crippen molar-refractivity contribution in [3.63, 3.8) is 0 Å². The molecule has 2 aliphatic heterocycles. The number of carbonyl (C=O) groups is 2.